The third-order valence-electron chi connectivity index (χ3n) is 4.03. The van der Waals surface area contributed by atoms with E-state index in [1.807, 2.05) is 35.6 Å². The molecule has 20 heavy (non-hydrogen) atoms. The normalized spacial score (nSPS) is 24.0. The van der Waals surface area contributed by atoms with Gasteiger partial charge in [-0.25, -0.2) is 0 Å². The van der Waals surface area contributed by atoms with Crippen LogP contribution < -0.4 is 5.32 Å². The van der Waals surface area contributed by atoms with Gasteiger partial charge < -0.3 is 10.1 Å². The van der Waals surface area contributed by atoms with Crippen LogP contribution in [-0.2, 0) is 4.74 Å². The van der Waals surface area contributed by atoms with Crippen molar-refractivity contribution in [1.29, 1.82) is 0 Å². The molecule has 0 aliphatic heterocycles. The molecule has 6 heteroatoms. The first-order valence-electron chi connectivity index (χ1n) is 6.68. The molecule has 1 saturated carbocycles. The zero-order valence-electron chi connectivity index (χ0n) is 11.9. The molecule has 0 amide bonds. The van der Waals surface area contributed by atoms with Crippen LogP contribution in [0, 0.1) is 19.1 Å². The summed E-state index contributed by atoms with van der Waals surface area (Å²) >= 11 is 2.00. The Morgan fingerprint density at radius 3 is 2.75 bits per heavy atom. The number of rotatable bonds is 5. The minimum atomic E-state index is -0.357. The van der Waals surface area contributed by atoms with Gasteiger partial charge in [-0.2, -0.15) is 0 Å². The number of nitrogens with one attached hydrogen (secondary N) is 1. The smallest absolute Gasteiger partial charge is 0.282 e. The lowest BCUT2D eigenvalue weighted by molar-refractivity contribution is -0.385. The van der Waals surface area contributed by atoms with Gasteiger partial charge in [0.25, 0.3) is 5.69 Å². The van der Waals surface area contributed by atoms with Crippen LogP contribution in [0.1, 0.15) is 27.2 Å². The predicted octanol–water partition coefficient (Wildman–Crippen LogP) is 3.81. The summed E-state index contributed by atoms with van der Waals surface area (Å²) in [5.41, 5.74) is 1.15. The third-order valence-corrected chi connectivity index (χ3v) is 4.89. The fourth-order valence-electron chi connectivity index (χ4n) is 2.56. The number of halogens is 1. The molecular weight excluding hydrogens is 371 g/mol. The summed E-state index contributed by atoms with van der Waals surface area (Å²) in [4.78, 5) is 10.4. The van der Waals surface area contributed by atoms with Crippen molar-refractivity contribution in [3.8, 4) is 0 Å². The van der Waals surface area contributed by atoms with Gasteiger partial charge in [0.05, 0.1) is 14.6 Å². The highest BCUT2D eigenvalue weighted by molar-refractivity contribution is 14.1. The molecule has 1 aliphatic carbocycles. The van der Waals surface area contributed by atoms with Crippen LogP contribution in [0.5, 0.6) is 0 Å². The van der Waals surface area contributed by atoms with E-state index in [9.17, 15) is 10.1 Å². The molecule has 5 nitrogen and oxygen atoms in total. The molecule has 110 valence electrons. The Bertz CT molecular complexity index is 519. The highest BCUT2D eigenvalue weighted by Gasteiger charge is 2.48. The second-order valence-electron chi connectivity index (χ2n) is 5.62. The topological polar surface area (TPSA) is 64.4 Å². The molecule has 0 heterocycles. The average molecular weight is 390 g/mol. The van der Waals surface area contributed by atoms with Crippen LogP contribution in [0.3, 0.4) is 0 Å². The Morgan fingerprint density at radius 2 is 2.25 bits per heavy atom. The SMILES string of the molecule is CCOC1CC(Nc2ccc([N+](=O)[O-])c(I)c2)C1(C)C. The number of nitrogens with zero attached hydrogens (tertiary/aromatic N) is 1. The Balaban J connectivity index is 2.05. The fourth-order valence-corrected chi connectivity index (χ4v) is 3.27. The van der Waals surface area contributed by atoms with Gasteiger partial charge in [0.2, 0.25) is 0 Å². The summed E-state index contributed by atoms with van der Waals surface area (Å²) in [6, 6.07) is 5.47. The Labute approximate surface area is 132 Å². The second-order valence-corrected chi connectivity index (χ2v) is 6.78. The van der Waals surface area contributed by atoms with Gasteiger partial charge in [0, 0.05) is 29.8 Å². The van der Waals surface area contributed by atoms with Crippen LogP contribution in [-0.4, -0.2) is 23.7 Å². The van der Waals surface area contributed by atoms with Crippen LogP contribution in [0.15, 0.2) is 18.2 Å². The van der Waals surface area contributed by atoms with Gasteiger partial charge in [-0.3, -0.25) is 10.1 Å². The molecule has 1 aromatic rings. The van der Waals surface area contributed by atoms with Crippen molar-refractivity contribution in [2.75, 3.05) is 11.9 Å². The first kappa shape index (κ1) is 15.5. The molecule has 0 aromatic heterocycles. The standard InChI is InChI=1S/C14H19IN2O3/c1-4-20-13-8-12(14(13,2)3)16-9-5-6-11(17(18)19)10(15)7-9/h5-7,12-13,16H,4,8H2,1-3H3. The molecule has 1 aliphatic rings. The molecule has 0 spiro atoms. The van der Waals surface area contributed by atoms with E-state index < -0.39 is 0 Å². The Kier molecular flexibility index (Phi) is 4.53. The maximum atomic E-state index is 10.8. The summed E-state index contributed by atoms with van der Waals surface area (Å²) in [7, 11) is 0. The van der Waals surface area contributed by atoms with E-state index in [1.165, 1.54) is 0 Å². The van der Waals surface area contributed by atoms with Gasteiger partial charge >= 0.3 is 0 Å². The number of nitro groups is 1. The predicted molar refractivity (Wildman–Crippen MR) is 87.0 cm³/mol. The van der Waals surface area contributed by atoms with Gasteiger partial charge in [0.15, 0.2) is 0 Å². The van der Waals surface area contributed by atoms with E-state index in [0.717, 1.165) is 18.7 Å². The number of benzene rings is 1. The van der Waals surface area contributed by atoms with Crippen LogP contribution >= 0.6 is 22.6 Å². The summed E-state index contributed by atoms with van der Waals surface area (Å²) in [5, 5.41) is 14.3. The molecule has 1 aromatic carbocycles. The third kappa shape index (κ3) is 2.90. The van der Waals surface area contributed by atoms with Crippen molar-refractivity contribution in [2.24, 2.45) is 5.41 Å². The van der Waals surface area contributed by atoms with Gasteiger partial charge in [-0.1, -0.05) is 13.8 Å². The van der Waals surface area contributed by atoms with Crippen molar-refractivity contribution < 1.29 is 9.66 Å². The molecule has 0 radical (unpaired) electrons. The minimum Gasteiger partial charge on any atom is -0.382 e. The molecular formula is C14H19IN2O3. The number of ether oxygens (including phenoxy) is 1. The maximum absolute atomic E-state index is 10.8. The second kappa shape index (κ2) is 5.85. The van der Waals surface area contributed by atoms with Crippen molar-refractivity contribution in [3.63, 3.8) is 0 Å². The van der Waals surface area contributed by atoms with E-state index in [-0.39, 0.29) is 22.1 Å². The van der Waals surface area contributed by atoms with E-state index in [0.29, 0.717) is 9.61 Å². The van der Waals surface area contributed by atoms with E-state index in [4.69, 9.17) is 4.74 Å². The molecule has 0 bridgehead atoms. The van der Waals surface area contributed by atoms with Crippen LogP contribution in [0.25, 0.3) is 0 Å². The van der Waals surface area contributed by atoms with E-state index in [2.05, 4.69) is 19.2 Å². The largest absolute Gasteiger partial charge is 0.382 e. The van der Waals surface area contributed by atoms with E-state index in [1.54, 1.807) is 12.1 Å². The molecule has 1 N–H and O–H groups in total. The first-order chi connectivity index (χ1) is 9.36. The van der Waals surface area contributed by atoms with Crippen LogP contribution in [0.4, 0.5) is 11.4 Å². The lowest BCUT2D eigenvalue weighted by Crippen LogP contribution is -2.58. The van der Waals surface area contributed by atoms with Crippen molar-refractivity contribution >= 4 is 34.0 Å². The zero-order chi connectivity index (χ0) is 14.9. The lowest BCUT2D eigenvalue weighted by Gasteiger charge is -2.52. The Hall–Kier alpha value is -0.890. The summed E-state index contributed by atoms with van der Waals surface area (Å²) < 4.78 is 6.35. The summed E-state index contributed by atoms with van der Waals surface area (Å²) in [6.07, 6.45) is 1.25. The number of anilines is 1. The van der Waals surface area contributed by atoms with E-state index >= 15 is 0 Å². The van der Waals surface area contributed by atoms with Crippen molar-refractivity contribution in [1.82, 2.24) is 0 Å². The van der Waals surface area contributed by atoms with Crippen LogP contribution in [0.2, 0.25) is 0 Å². The van der Waals surface area contributed by atoms with Crippen molar-refractivity contribution in [3.05, 3.63) is 31.9 Å². The average Bonchev–Trinajstić information content (AvgIpc) is 2.37. The molecule has 2 unspecified atom stereocenters. The van der Waals surface area contributed by atoms with Crippen molar-refractivity contribution in [2.45, 2.75) is 39.3 Å². The zero-order valence-corrected chi connectivity index (χ0v) is 14.0. The molecule has 1 fully saturated rings. The summed E-state index contributed by atoms with van der Waals surface area (Å²) in [6.45, 7) is 7.11. The van der Waals surface area contributed by atoms with Gasteiger partial charge in [-0.05, 0) is 48.1 Å². The molecule has 2 rings (SSSR count). The fraction of sp³-hybridized carbons (Fsp3) is 0.571. The Morgan fingerprint density at radius 1 is 1.55 bits per heavy atom. The highest BCUT2D eigenvalue weighted by Crippen LogP contribution is 2.44. The minimum absolute atomic E-state index is 0.0726. The molecule has 0 saturated heterocycles. The number of hydrogen-bond donors (Lipinski definition) is 1. The van der Waals surface area contributed by atoms with Gasteiger partial charge in [-0.15, -0.1) is 0 Å². The quantitative estimate of drug-likeness (QED) is 0.472. The highest BCUT2D eigenvalue weighted by atomic mass is 127. The summed E-state index contributed by atoms with van der Waals surface area (Å²) in [5.74, 6) is 0. The monoisotopic (exact) mass is 390 g/mol. The lowest BCUT2D eigenvalue weighted by atomic mass is 9.64. The maximum Gasteiger partial charge on any atom is 0.282 e. The molecule has 2 atom stereocenters. The number of hydrogen-bond acceptors (Lipinski definition) is 4. The first-order valence-corrected chi connectivity index (χ1v) is 7.76. The number of nitro benzene ring substituents is 1. The van der Waals surface area contributed by atoms with Gasteiger partial charge in [0.1, 0.15) is 0 Å².